The zero-order valence-corrected chi connectivity index (χ0v) is 17.5. The molecular formula is C25H31N3O2. The average Bonchev–Trinajstić information content (AvgIpc) is 2.81. The molecule has 2 aromatic carbocycles. The summed E-state index contributed by atoms with van der Waals surface area (Å²) < 4.78 is 0. The van der Waals surface area contributed by atoms with Crippen molar-refractivity contribution in [1.29, 1.82) is 0 Å². The number of nitrogens with zero attached hydrogens (tertiary/aromatic N) is 2. The summed E-state index contributed by atoms with van der Waals surface area (Å²) in [6.07, 6.45) is 3.47. The molecule has 0 saturated carbocycles. The zero-order chi connectivity index (χ0) is 20.8. The molecule has 4 rings (SSSR count). The Hall–Kier alpha value is -2.66. The fourth-order valence-electron chi connectivity index (χ4n) is 4.53. The number of Topliss-reactive ketones (excluding diaryl/α,β-unsaturated/α-hetero) is 1. The number of hydrogen-bond donors (Lipinski definition) is 1. The molecule has 2 aromatic rings. The Kier molecular flexibility index (Phi) is 6.80. The molecule has 0 aliphatic carbocycles. The highest BCUT2D eigenvalue weighted by Gasteiger charge is 2.29. The van der Waals surface area contributed by atoms with E-state index in [2.05, 4.69) is 34.5 Å². The lowest BCUT2D eigenvalue weighted by Crippen LogP contribution is -2.51. The lowest BCUT2D eigenvalue weighted by molar-refractivity contribution is 0.0851. The van der Waals surface area contributed by atoms with Crippen LogP contribution in [0.3, 0.4) is 0 Å². The minimum Gasteiger partial charge on any atom is -0.335 e. The number of piperidine rings is 2. The number of carbonyl (C=O) groups excluding carboxylic acids is 2. The number of urea groups is 1. The molecule has 30 heavy (non-hydrogen) atoms. The quantitative estimate of drug-likeness (QED) is 0.766. The van der Waals surface area contributed by atoms with Crippen molar-refractivity contribution < 1.29 is 9.59 Å². The van der Waals surface area contributed by atoms with Crippen LogP contribution in [-0.4, -0.2) is 53.8 Å². The monoisotopic (exact) mass is 405 g/mol. The van der Waals surface area contributed by atoms with Crippen molar-refractivity contribution in [3.63, 3.8) is 0 Å². The van der Waals surface area contributed by atoms with Crippen LogP contribution in [0.5, 0.6) is 0 Å². The van der Waals surface area contributed by atoms with Gasteiger partial charge in [-0.3, -0.25) is 9.69 Å². The third-order valence-electron chi connectivity index (χ3n) is 6.38. The van der Waals surface area contributed by atoms with Crippen molar-refractivity contribution in [2.75, 3.05) is 26.2 Å². The maximum atomic E-state index is 12.7. The van der Waals surface area contributed by atoms with Crippen molar-refractivity contribution in [2.45, 2.75) is 38.3 Å². The summed E-state index contributed by atoms with van der Waals surface area (Å²) in [7, 11) is 0. The van der Waals surface area contributed by atoms with Gasteiger partial charge in [-0.15, -0.1) is 0 Å². The van der Waals surface area contributed by atoms with Crippen LogP contribution in [0, 0.1) is 5.92 Å². The van der Waals surface area contributed by atoms with Crippen molar-refractivity contribution in [3.8, 4) is 0 Å². The molecule has 0 bridgehead atoms. The predicted molar refractivity (Wildman–Crippen MR) is 118 cm³/mol. The van der Waals surface area contributed by atoms with Gasteiger partial charge in [-0.1, -0.05) is 60.7 Å². The highest BCUT2D eigenvalue weighted by molar-refractivity contribution is 5.98. The van der Waals surface area contributed by atoms with Gasteiger partial charge < -0.3 is 10.2 Å². The SMILES string of the molecule is O=C(c1ccccc1)C1CCN(C(=O)NC2CCN(Cc3ccccc3)CC2)CC1. The molecule has 5 nitrogen and oxygen atoms in total. The lowest BCUT2D eigenvalue weighted by Gasteiger charge is -2.35. The van der Waals surface area contributed by atoms with Crippen molar-refractivity contribution >= 4 is 11.8 Å². The van der Waals surface area contributed by atoms with Gasteiger partial charge in [-0.05, 0) is 31.2 Å². The Labute approximate surface area is 179 Å². The summed E-state index contributed by atoms with van der Waals surface area (Å²) in [4.78, 5) is 29.7. The predicted octanol–water partition coefficient (Wildman–Crippen LogP) is 3.96. The number of ketones is 1. The second-order valence-electron chi connectivity index (χ2n) is 8.48. The second-order valence-corrected chi connectivity index (χ2v) is 8.48. The molecule has 0 spiro atoms. The molecule has 0 unspecified atom stereocenters. The van der Waals surface area contributed by atoms with E-state index in [-0.39, 0.29) is 23.8 Å². The highest BCUT2D eigenvalue weighted by Crippen LogP contribution is 2.22. The van der Waals surface area contributed by atoms with Crippen LogP contribution in [0.15, 0.2) is 60.7 Å². The van der Waals surface area contributed by atoms with Gasteiger partial charge in [-0.25, -0.2) is 4.79 Å². The van der Waals surface area contributed by atoms with Gasteiger partial charge in [0.15, 0.2) is 5.78 Å². The Morgan fingerprint density at radius 2 is 1.40 bits per heavy atom. The van der Waals surface area contributed by atoms with E-state index in [0.717, 1.165) is 50.9 Å². The maximum absolute atomic E-state index is 12.7. The number of rotatable bonds is 5. The molecular weight excluding hydrogens is 374 g/mol. The average molecular weight is 406 g/mol. The van der Waals surface area contributed by atoms with E-state index in [1.807, 2.05) is 41.3 Å². The molecule has 0 aromatic heterocycles. The standard InChI is InChI=1S/C25H31N3O2/c29-24(21-9-5-2-6-10-21)22-11-17-28(18-12-22)25(30)26-23-13-15-27(16-14-23)19-20-7-3-1-4-8-20/h1-10,22-23H,11-19H2,(H,26,30). The molecule has 2 saturated heterocycles. The molecule has 158 valence electrons. The van der Waals surface area contributed by atoms with Crippen LogP contribution >= 0.6 is 0 Å². The number of benzene rings is 2. The lowest BCUT2D eigenvalue weighted by atomic mass is 9.89. The van der Waals surface area contributed by atoms with Crippen molar-refractivity contribution in [2.24, 2.45) is 5.92 Å². The number of likely N-dealkylation sites (tertiary alicyclic amines) is 2. The molecule has 2 heterocycles. The largest absolute Gasteiger partial charge is 0.335 e. The molecule has 2 fully saturated rings. The highest BCUT2D eigenvalue weighted by atomic mass is 16.2. The topological polar surface area (TPSA) is 52.7 Å². The van der Waals surface area contributed by atoms with Gasteiger partial charge in [-0.2, -0.15) is 0 Å². The van der Waals surface area contributed by atoms with E-state index in [0.29, 0.717) is 13.1 Å². The third-order valence-corrected chi connectivity index (χ3v) is 6.38. The number of nitrogens with one attached hydrogen (secondary N) is 1. The van der Waals surface area contributed by atoms with Crippen LogP contribution in [0.1, 0.15) is 41.6 Å². The van der Waals surface area contributed by atoms with Crippen molar-refractivity contribution in [3.05, 3.63) is 71.8 Å². The smallest absolute Gasteiger partial charge is 0.317 e. The molecule has 0 atom stereocenters. The molecule has 2 aliphatic rings. The number of hydrogen-bond acceptors (Lipinski definition) is 3. The van der Waals surface area contributed by atoms with Crippen molar-refractivity contribution in [1.82, 2.24) is 15.1 Å². The molecule has 2 amide bonds. The first-order valence-corrected chi connectivity index (χ1v) is 11.1. The van der Waals surface area contributed by atoms with Gasteiger partial charge in [0, 0.05) is 50.2 Å². The minimum atomic E-state index is 0.0256. The zero-order valence-electron chi connectivity index (χ0n) is 17.5. The molecule has 5 heteroatoms. The van der Waals surface area contributed by atoms with E-state index in [1.165, 1.54) is 5.56 Å². The van der Waals surface area contributed by atoms with E-state index in [9.17, 15) is 9.59 Å². The van der Waals surface area contributed by atoms with E-state index in [4.69, 9.17) is 0 Å². The van der Waals surface area contributed by atoms with Crippen LogP contribution in [-0.2, 0) is 6.54 Å². The number of carbonyl (C=O) groups is 2. The Morgan fingerprint density at radius 3 is 2.03 bits per heavy atom. The first-order valence-electron chi connectivity index (χ1n) is 11.1. The fourth-order valence-corrected chi connectivity index (χ4v) is 4.53. The Morgan fingerprint density at radius 1 is 0.800 bits per heavy atom. The molecule has 1 N–H and O–H groups in total. The summed E-state index contributed by atoms with van der Waals surface area (Å²) in [5.41, 5.74) is 2.12. The summed E-state index contributed by atoms with van der Waals surface area (Å²) in [6.45, 7) is 4.30. The third kappa shape index (κ3) is 5.28. The van der Waals surface area contributed by atoms with Gasteiger partial charge in [0.05, 0.1) is 0 Å². The van der Waals surface area contributed by atoms with Crippen LogP contribution in [0.25, 0.3) is 0 Å². The van der Waals surface area contributed by atoms with Gasteiger partial charge in [0.1, 0.15) is 0 Å². The Bertz CT molecular complexity index is 824. The van der Waals surface area contributed by atoms with Crippen LogP contribution in [0.2, 0.25) is 0 Å². The summed E-state index contributed by atoms with van der Waals surface area (Å²) in [5, 5.41) is 3.22. The van der Waals surface area contributed by atoms with Crippen LogP contribution < -0.4 is 5.32 Å². The van der Waals surface area contributed by atoms with E-state index < -0.39 is 0 Å². The maximum Gasteiger partial charge on any atom is 0.317 e. The first kappa shape index (κ1) is 20.6. The molecule has 0 radical (unpaired) electrons. The van der Waals surface area contributed by atoms with Gasteiger partial charge in [0.2, 0.25) is 0 Å². The summed E-state index contributed by atoms with van der Waals surface area (Å²) >= 11 is 0. The Balaban J connectivity index is 1.19. The number of amides is 2. The summed E-state index contributed by atoms with van der Waals surface area (Å²) in [5.74, 6) is 0.235. The fraction of sp³-hybridized carbons (Fsp3) is 0.440. The second kappa shape index (κ2) is 9.90. The van der Waals surface area contributed by atoms with Gasteiger partial charge >= 0.3 is 6.03 Å². The van der Waals surface area contributed by atoms with Crippen LogP contribution in [0.4, 0.5) is 4.79 Å². The van der Waals surface area contributed by atoms with E-state index >= 15 is 0 Å². The first-order chi connectivity index (χ1) is 14.7. The normalized spacial score (nSPS) is 18.9. The molecule has 2 aliphatic heterocycles. The van der Waals surface area contributed by atoms with Gasteiger partial charge in [0.25, 0.3) is 0 Å². The van der Waals surface area contributed by atoms with E-state index in [1.54, 1.807) is 0 Å². The summed E-state index contributed by atoms with van der Waals surface area (Å²) in [6, 6.07) is 20.3. The minimum absolute atomic E-state index is 0.0256.